The van der Waals surface area contributed by atoms with E-state index in [-0.39, 0.29) is 31.1 Å². The van der Waals surface area contributed by atoms with E-state index in [1.54, 1.807) is 0 Å². The molecule has 0 amide bonds. The fourth-order valence-electron chi connectivity index (χ4n) is 7.98. The summed E-state index contributed by atoms with van der Waals surface area (Å²) in [7, 11) is 0. The van der Waals surface area contributed by atoms with E-state index in [9.17, 15) is 14.4 Å². The van der Waals surface area contributed by atoms with Crippen LogP contribution in [0.15, 0.2) is 36.5 Å². The molecule has 0 aromatic rings. The molecule has 0 N–H and O–H groups in total. The number of allylic oxidation sites excluding steroid dienone is 6. The average molecular weight is 885 g/mol. The van der Waals surface area contributed by atoms with E-state index in [2.05, 4.69) is 57.2 Å². The highest BCUT2D eigenvalue weighted by Crippen LogP contribution is 2.16. The maximum absolute atomic E-state index is 12.8. The summed E-state index contributed by atoms with van der Waals surface area (Å²) in [5, 5.41) is 0. The van der Waals surface area contributed by atoms with Crippen LogP contribution in [-0.4, -0.2) is 37.2 Å². The number of esters is 3. The van der Waals surface area contributed by atoms with Gasteiger partial charge in [-0.1, -0.05) is 250 Å². The number of hydrogen-bond donors (Lipinski definition) is 0. The van der Waals surface area contributed by atoms with E-state index in [4.69, 9.17) is 14.2 Å². The summed E-state index contributed by atoms with van der Waals surface area (Å²) in [5.74, 6) is -0.873. The number of rotatable bonds is 50. The molecule has 1 atom stereocenters. The second-order valence-electron chi connectivity index (χ2n) is 18.5. The molecule has 0 spiro atoms. The van der Waals surface area contributed by atoms with Gasteiger partial charge in [-0.3, -0.25) is 14.4 Å². The SMILES string of the molecule is CCCCCCC/C=C\C/C=C\C/C=C\CCCCCCCCC(=O)OCC(COC(=O)CCCCCCCCCCCC)OC(=O)CCCCCCCCCCCCCCCC. The molecule has 0 aromatic carbocycles. The van der Waals surface area contributed by atoms with Gasteiger partial charge in [-0.25, -0.2) is 0 Å². The van der Waals surface area contributed by atoms with Crippen LogP contribution in [0.4, 0.5) is 0 Å². The van der Waals surface area contributed by atoms with Gasteiger partial charge in [0.05, 0.1) is 0 Å². The Morgan fingerprint density at radius 2 is 0.571 bits per heavy atom. The third-order valence-electron chi connectivity index (χ3n) is 12.1. The summed E-state index contributed by atoms with van der Waals surface area (Å²) in [4.78, 5) is 38.0. The number of unbranched alkanes of at least 4 members (excludes halogenated alkanes) is 33. The van der Waals surface area contributed by atoms with E-state index in [1.165, 1.54) is 173 Å². The summed E-state index contributed by atoms with van der Waals surface area (Å²) >= 11 is 0. The van der Waals surface area contributed by atoms with Crippen molar-refractivity contribution in [1.29, 1.82) is 0 Å². The van der Waals surface area contributed by atoms with Crippen LogP contribution in [-0.2, 0) is 28.6 Å². The quantitative estimate of drug-likeness (QED) is 0.0262. The normalized spacial score (nSPS) is 12.2. The fourth-order valence-corrected chi connectivity index (χ4v) is 7.98. The topological polar surface area (TPSA) is 78.9 Å². The minimum Gasteiger partial charge on any atom is -0.462 e. The Morgan fingerprint density at radius 1 is 0.317 bits per heavy atom. The van der Waals surface area contributed by atoms with Gasteiger partial charge in [0.2, 0.25) is 0 Å². The largest absolute Gasteiger partial charge is 0.462 e. The van der Waals surface area contributed by atoms with Crippen LogP contribution in [0.25, 0.3) is 0 Å². The first-order valence-electron chi connectivity index (χ1n) is 27.5. The lowest BCUT2D eigenvalue weighted by molar-refractivity contribution is -0.167. The molecule has 6 heteroatoms. The van der Waals surface area contributed by atoms with E-state index in [1.807, 2.05) is 0 Å². The van der Waals surface area contributed by atoms with Crippen LogP contribution in [0.5, 0.6) is 0 Å². The van der Waals surface area contributed by atoms with Gasteiger partial charge in [0.1, 0.15) is 13.2 Å². The Hall–Kier alpha value is -2.37. The molecule has 0 aliphatic rings. The van der Waals surface area contributed by atoms with Gasteiger partial charge >= 0.3 is 17.9 Å². The highest BCUT2D eigenvalue weighted by Gasteiger charge is 2.19. The summed E-state index contributed by atoms with van der Waals surface area (Å²) in [6.07, 6.45) is 61.3. The Bertz CT molecular complexity index is 1060. The molecule has 0 aromatic heterocycles. The van der Waals surface area contributed by atoms with Gasteiger partial charge in [-0.05, 0) is 57.8 Å². The lowest BCUT2D eigenvalue weighted by Crippen LogP contribution is -2.30. The second kappa shape index (κ2) is 52.3. The molecule has 1 unspecified atom stereocenters. The third-order valence-corrected chi connectivity index (χ3v) is 12.1. The number of carbonyl (C=O) groups is 3. The maximum Gasteiger partial charge on any atom is 0.306 e. The molecule has 0 aliphatic carbocycles. The van der Waals surface area contributed by atoms with Crippen LogP contribution in [0.2, 0.25) is 0 Å². The van der Waals surface area contributed by atoms with Crippen molar-refractivity contribution >= 4 is 17.9 Å². The Morgan fingerprint density at radius 3 is 0.889 bits per heavy atom. The molecule has 6 nitrogen and oxygen atoms in total. The second-order valence-corrected chi connectivity index (χ2v) is 18.5. The Kier molecular flexibility index (Phi) is 50.3. The van der Waals surface area contributed by atoms with E-state index >= 15 is 0 Å². The first-order chi connectivity index (χ1) is 31.0. The lowest BCUT2D eigenvalue weighted by Gasteiger charge is -2.18. The van der Waals surface area contributed by atoms with Crippen LogP contribution < -0.4 is 0 Å². The minimum absolute atomic E-state index is 0.0722. The zero-order chi connectivity index (χ0) is 45.8. The monoisotopic (exact) mass is 885 g/mol. The molecule has 0 aliphatic heterocycles. The van der Waals surface area contributed by atoms with Crippen LogP contribution in [0, 0.1) is 0 Å². The maximum atomic E-state index is 12.8. The number of carbonyl (C=O) groups excluding carboxylic acids is 3. The van der Waals surface area contributed by atoms with E-state index in [0.29, 0.717) is 19.3 Å². The predicted molar refractivity (Wildman–Crippen MR) is 270 cm³/mol. The molecule has 0 radical (unpaired) electrons. The van der Waals surface area contributed by atoms with Gasteiger partial charge in [0.15, 0.2) is 6.10 Å². The van der Waals surface area contributed by atoms with Crippen molar-refractivity contribution in [2.75, 3.05) is 13.2 Å². The minimum atomic E-state index is -0.772. The van der Waals surface area contributed by atoms with Crippen molar-refractivity contribution in [3.05, 3.63) is 36.5 Å². The molecular formula is C57H104O6. The van der Waals surface area contributed by atoms with Gasteiger partial charge in [-0.2, -0.15) is 0 Å². The zero-order valence-electron chi connectivity index (χ0n) is 42.1. The molecule has 0 heterocycles. The van der Waals surface area contributed by atoms with Crippen LogP contribution >= 0.6 is 0 Å². The molecule has 0 saturated carbocycles. The smallest absolute Gasteiger partial charge is 0.306 e. The van der Waals surface area contributed by atoms with Crippen molar-refractivity contribution in [2.24, 2.45) is 0 Å². The molecule has 0 fully saturated rings. The average Bonchev–Trinajstić information content (AvgIpc) is 3.28. The molecule has 368 valence electrons. The summed E-state index contributed by atoms with van der Waals surface area (Å²) in [6.45, 7) is 6.63. The van der Waals surface area contributed by atoms with Crippen molar-refractivity contribution in [2.45, 2.75) is 297 Å². The van der Waals surface area contributed by atoms with Crippen LogP contribution in [0.3, 0.4) is 0 Å². The number of hydrogen-bond acceptors (Lipinski definition) is 6. The standard InChI is InChI=1S/C57H104O6/c1-4-7-10-13-16-19-22-24-26-27-28-29-30-31-32-34-35-38-41-44-47-50-56(59)62-53-54(52-61-55(58)49-46-43-40-37-21-18-15-12-9-6-3)63-57(60)51-48-45-42-39-36-33-25-23-20-17-14-11-8-5-2/h22,24,27-28,30-31,54H,4-21,23,25-26,29,32-53H2,1-3H3/b24-22-,28-27-,31-30-. The summed E-state index contributed by atoms with van der Waals surface area (Å²) in [6, 6.07) is 0. The van der Waals surface area contributed by atoms with Gasteiger partial charge < -0.3 is 14.2 Å². The molecular weight excluding hydrogens is 781 g/mol. The number of ether oxygens (including phenoxy) is 3. The van der Waals surface area contributed by atoms with Crippen molar-refractivity contribution in [3.8, 4) is 0 Å². The highest BCUT2D eigenvalue weighted by molar-refractivity contribution is 5.71. The molecule has 0 rings (SSSR count). The summed E-state index contributed by atoms with van der Waals surface area (Å²) < 4.78 is 16.8. The molecule has 63 heavy (non-hydrogen) atoms. The van der Waals surface area contributed by atoms with E-state index in [0.717, 1.165) is 77.0 Å². The fraction of sp³-hybridized carbons (Fsp3) is 0.842. The lowest BCUT2D eigenvalue weighted by atomic mass is 10.0. The molecule has 0 saturated heterocycles. The third kappa shape index (κ3) is 50.5. The van der Waals surface area contributed by atoms with E-state index < -0.39 is 6.10 Å². The first kappa shape index (κ1) is 60.6. The van der Waals surface area contributed by atoms with Crippen molar-refractivity contribution in [3.63, 3.8) is 0 Å². The summed E-state index contributed by atoms with van der Waals surface area (Å²) in [5.41, 5.74) is 0. The Labute approximate surface area is 391 Å². The Balaban J connectivity index is 4.30. The van der Waals surface area contributed by atoms with Crippen molar-refractivity contribution < 1.29 is 28.6 Å². The van der Waals surface area contributed by atoms with Gasteiger partial charge in [-0.15, -0.1) is 0 Å². The first-order valence-corrected chi connectivity index (χ1v) is 27.5. The zero-order valence-corrected chi connectivity index (χ0v) is 42.1. The van der Waals surface area contributed by atoms with Crippen molar-refractivity contribution in [1.82, 2.24) is 0 Å². The predicted octanol–water partition coefficient (Wildman–Crippen LogP) is 18.1. The van der Waals surface area contributed by atoms with Gasteiger partial charge in [0, 0.05) is 19.3 Å². The van der Waals surface area contributed by atoms with Crippen LogP contribution in [0.1, 0.15) is 290 Å². The highest BCUT2D eigenvalue weighted by atomic mass is 16.6. The van der Waals surface area contributed by atoms with Gasteiger partial charge in [0.25, 0.3) is 0 Å². The molecule has 0 bridgehead atoms.